The highest BCUT2D eigenvalue weighted by Crippen LogP contribution is 2.37. The number of benzene rings is 2. The summed E-state index contributed by atoms with van der Waals surface area (Å²) in [6.07, 6.45) is 0.558. The van der Waals surface area contributed by atoms with E-state index in [4.69, 9.17) is 32.7 Å². The van der Waals surface area contributed by atoms with Gasteiger partial charge >= 0.3 is 5.97 Å². The van der Waals surface area contributed by atoms with Crippen LogP contribution in [0.1, 0.15) is 46.3 Å². The van der Waals surface area contributed by atoms with Crippen LogP contribution in [0.4, 0.5) is 0 Å². The highest BCUT2D eigenvalue weighted by molar-refractivity contribution is 6.31. The molecule has 0 radical (unpaired) electrons. The molecular formula is C21H20Cl2N2O3. The van der Waals surface area contributed by atoms with Gasteiger partial charge in [0.15, 0.2) is 0 Å². The van der Waals surface area contributed by atoms with Gasteiger partial charge in [0.25, 0.3) is 0 Å². The molecule has 3 rings (SSSR count). The second-order valence-electron chi connectivity index (χ2n) is 6.30. The summed E-state index contributed by atoms with van der Waals surface area (Å²) in [5.74, 6) is -0.458. The average molecular weight is 419 g/mol. The molecule has 0 aliphatic heterocycles. The van der Waals surface area contributed by atoms with Gasteiger partial charge in [-0.15, -0.1) is 0 Å². The van der Waals surface area contributed by atoms with Gasteiger partial charge in [0.2, 0.25) is 0 Å². The molecule has 28 heavy (non-hydrogen) atoms. The predicted molar refractivity (Wildman–Crippen MR) is 109 cm³/mol. The molecule has 3 aromatic rings. The van der Waals surface area contributed by atoms with Crippen LogP contribution in [0.25, 0.3) is 0 Å². The highest BCUT2D eigenvalue weighted by atomic mass is 35.5. The number of carbonyl (C=O) groups excluding carboxylic acids is 1. The molecule has 0 aliphatic rings. The minimum atomic E-state index is -0.533. The van der Waals surface area contributed by atoms with Crippen molar-refractivity contribution in [3.05, 3.63) is 87.2 Å². The van der Waals surface area contributed by atoms with E-state index in [2.05, 4.69) is 5.10 Å². The van der Waals surface area contributed by atoms with Gasteiger partial charge in [-0.1, -0.05) is 47.5 Å². The third kappa shape index (κ3) is 4.22. The lowest BCUT2D eigenvalue weighted by Crippen LogP contribution is -2.16. The number of aryl methyl sites for hydroxylation is 1. The van der Waals surface area contributed by atoms with E-state index in [9.17, 15) is 4.79 Å². The molecule has 2 unspecified atom stereocenters. The maximum atomic E-state index is 12.5. The molecule has 146 valence electrons. The Bertz CT molecular complexity index is 987. The fourth-order valence-corrected chi connectivity index (χ4v) is 3.53. The van der Waals surface area contributed by atoms with Crippen molar-refractivity contribution in [3.8, 4) is 0 Å². The number of methoxy groups -OCH3 is 1. The Labute approximate surface area is 173 Å². The second-order valence-corrected chi connectivity index (χ2v) is 7.14. The standard InChI is InChI=1S/C21H20Cl2N2O3/c1-13(28-21(26)19-10-11-24-25(19)2)15-9-8-14(22)12-17(15)20(27-3)16-6-4-5-7-18(16)23/h4-13,20H,1-3H3. The number of hydrogen-bond acceptors (Lipinski definition) is 4. The smallest absolute Gasteiger partial charge is 0.357 e. The molecule has 0 N–H and O–H groups in total. The number of nitrogens with zero attached hydrogens (tertiary/aromatic N) is 2. The molecule has 0 fully saturated rings. The van der Waals surface area contributed by atoms with Crippen molar-refractivity contribution < 1.29 is 14.3 Å². The maximum absolute atomic E-state index is 12.5. The van der Waals surface area contributed by atoms with Crippen LogP contribution in [0.15, 0.2) is 54.7 Å². The summed E-state index contributed by atoms with van der Waals surface area (Å²) >= 11 is 12.6. The van der Waals surface area contributed by atoms with Gasteiger partial charge < -0.3 is 9.47 Å². The topological polar surface area (TPSA) is 53.4 Å². The first-order valence-corrected chi connectivity index (χ1v) is 9.43. The number of carbonyl (C=O) groups is 1. The van der Waals surface area contributed by atoms with Crippen LogP contribution in [0.2, 0.25) is 10.0 Å². The van der Waals surface area contributed by atoms with Crippen LogP contribution in [0.3, 0.4) is 0 Å². The van der Waals surface area contributed by atoms with Crippen LogP contribution in [0, 0.1) is 0 Å². The number of aromatic nitrogens is 2. The summed E-state index contributed by atoms with van der Waals surface area (Å²) in [5.41, 5.74) is 2.75. The molecule has 0 saturated heterocycles. The maximum Gasteiger partial charge on any atom is 0.357 e. The Morgan fingerprint density at radius 1 is 1.07 bits per heavy atom. The number of esters is 1. The minimum Gasteiger partial charge on any atom is -0.453 e. The fourth-order valence-electron chi connectivity index (χ4n) is 3.11. The van der Waals surface area contributed by atoms with E-state index in [1.165, 1.54) is 4.68 Å². The van der Waals surface area contributed by atoms with E-state index in [1.54, 1.807) is 45.5 Å². The molecule has 0 bridgehead atoms. The Balaban J connectivity index is 1.97. The number of halogens is 2. The summed E-state index contributed by atoms with van der Waals surface area (Å²) in [7, 11) is 3.29. The number of hydrogen-bond donors (Lipinski definition) is 0. The van der Waals surface area contributed by atoms with Gasteiger partial charge in [0, 0.05) is 36.0 Å². The first kappa shape index (κ1) is 20.4. The Hall–Kier alpha value is -2.34. The normalized spacial score (nSPS) is 13.2. The first-order valence-electron chi connectivity index (χ1n) is 8.68. The predicted octanol–water partition coefficient (Wildman–Crippen LogP) is 5.38. The van der Waals surface area contributed by atoms with E-state index < -0.39 is 18.2 Å². The monoisotopic (exact) mass is 418 g/mol. The minimum absolute atomic E-state index is 0.372. The van der Waals surface area contributed by atoms with E-state index in [1.807, 2.05) is 30.3 Å². The zero-order chi connectivity index (χ0) is 20.3. The zero-order valence-electron chi connectivity index (χ0n) is 15.7. The van der Waals surface area contributed by atoms with E-state index in [-0.39, 0.29) is 0 Å². The average Bonchev–Trinajstić information content (AvgIpc) is 3.10. The van der Waals surface area contributed by atoms with Gasteiger partial charge in [-0.25, -0.2) is 4.79 Å². The summed E-state index contributed by atoms with van der Waals surface area (Å²) in [4.78, 5) is 12.5. The van der Waals surface area contributed by atoms with Gasteiger partial charge in [0.1, 0.15) is 17.9 Å². The van der Waals surface area contributed by atoms with Crippen molar-refractivity contribution in [3.63, 3.8) is 0 Å². The number of rotatable bonds is 6. The van der Waals surface area contributed by atoms with E-state index >= 15 is 0 Å². The lowest BCUT2D eigenvalue weighted by Gasteiger charge is -2.24. The third-order valence-electron chi connectivity index (χ3n) is 4.51. The molecule has 2 aromatic carbocycles. The first-order chi connectivity index (χ1) is 13.4. The van der Waals surface area contributed by atoms with E-state index in [0.29, 0.717) is 15.7 Å². The quantitative estimate of drug-likeness (QED) is 0.504. The molecule has 0 aliphatic carbocycles. The second kappa shape index (κ2) is 8.78. The zero-order valence-corrected chi connectivity index (χ0v) is 17.2. The van der Waals surface area contributed by atoms with Crippen molar-refractivity contribution in [2.45, 2.75) is 19.1 Å². The largest absolute Gasteiger partial charge is 0.453 e. The summed E-state index contributed by atoms with van der Waals surface area (Å²) in [6.45, 7) is 1.81. The lowest BCUT2D eigenvalue weighted by molar-refractivity contribution is 0.0316. The summed E-state index contributed by atoms with van der Waals surface area (Å²) in [5, 5.41) is 5.14. The molecule has 5 nitrogen and oxygen atoms in total. The summed E-state index contributed by atoms with van der Waals surface area (Å²) < 4.78 is 12.9. The van der Waals surface area contributed by atoms with Crippen molar-refractivity contribution in [1.82, 2.24) is 9.78 Å². The molecule has 1 heterocycles. The van der Waals surface area contributed by atoms with Gasteiger partial charge in [-0.05, 0) is 42.3 Å². The molecule has 2 atom stereocenters. The van der Waals surface area contributed by atoms with Crippen molar-refractivity contribution in [2.24, 2.45) is 7.05 Å². The van der Waals surface area contributed by atoms with Crippen LogP contribution in [-0.2, 0) is 16.5 Å². The molecular weight excluding hydrogens is 399 g/mol. The van der Waals surface area contributed by atoms with Gasteiger partial charge in [-0.2, -0.15) is 5.10 Å². The van der Waals surface area contributed by atoms with Crippen LogP contribution >= 0.6 is 23.2 Å². The Morgan fingerprint density at radius 3 is 2.46 bits per heavy atom. The Kier molecular flexibility index (Phi) is 6.39. The van der Waals surface area contributed by atoms with Crippen molar-refractivity contribution in [2.75, 3.05) is 7.11 Å². The number of ether oxygens (including phenoxy) is 2. The van der Waals surface area contributed by atoms with Crippen LogP contribution in [0.5, 0.6) is 0 Å². The Morgan fingerprint density at radius 2 is 1.82 bits per heavy atom. The van der Waals surface area contributed by atoms with Crippen LogP contribution < -0.4 is 0 Å². The highest BCUT2D eigenvalue weighted by Gasteiger charge is 2.25. The fraction of sp³-hybridized carbons (Fsp3) is 0.238. The van der Waals surface area contributed by atoms with Gasteiger partial charge in [-0.3, -0.25) is 4.68 Å². The third-order valence-corrected chi connectivity index (χ3v) is 5.09. The van der Waals surface area contributed by atoms with E-state index in [0.717, 1.165) is 16.7 Å². The SMILES string of the molecule is COC(c1ccccc1Cl)c1cc(Cl)ccc1C(C)OC(=O)c1ccnn1C. The molecule has 1 aromatic heterocycles. The molecule has 0 spiro atoms. The molecule has 0 saturated carbocycles. The summed E-state index contributed by atoms with van der Waals surface area (Å²) in [6, 6.07) is 14.5. The van der Waals surface area contributed by atoms with Crippen molar-refractivity contribution in [1.29, 1.82) is 0 Å². The van der Waals surface area contributed by atoms with Crippen LogP contribution in [-0.4, -0.2) is 22.9 Å². The molecule has 7 heteroatoms. The molecule has 0 amide bonds. The van der Waals surface area contributed by atoms with Crippen molar-refractivity contribution >= 4 is 29.2 Å². The lowest BCUT2D eigenvalue weighted by atomic mass is 9.94. The van der Waals surface area contributed by atoms with Gasteiger partial charge in [0.05, 0.1) is 0 Å².